The Kier molecular flexibility index (Phi) is 4.81. The lowest BCUT2D eigenvalue weighted by Crippen LogP contribution is -2.14. The van der Waals surface area contributed by atoms with Gasteiger partial charge in [-0.15, -0.1) is 0 Å². The Hall–Kier alpha value is -3.60. The van der Waals surface area contributed by atoms with Gasteiger partial charge in [-0.1, -0.05) is 36.4 Å². The first-order valence-electron chi connectivity index (χ1n) is 9.24. The van der Waals surface area contributed by atoms with Crippen LogP contribution in [0, 0.1) is 13.8 Å². The summed E-state index contributed by atoms with van der Waals surface area (Å²) in [5.74, 6) is -0.190. The van der Waals surface area contributed by atoms with Crippen LogP contribution in [0.2, 0.25) is 0 Å². The van der Waals surface area contributed by atoms with Crippen LogP contribution in [0.15, 0.2) is 73.1 Å². The molecule has 0 saturated carbocycles. The minimum absolute atomic E-state index is 0.190. The number of imidazole rings is 1. The molecule has 0 saturated heterocycles. The van der Waals surface area contributed by atoms with E-state index in [4.69, 9.17) is 0 Å². The van der Waals surface area contributed by atoms with Gasteiger partial charge in [0.05, 0.1) is 11.9 Å². The third-order valence-corrected chi connectivity index (χ3v) is 4.84. The van der Waals surface area contributed by atoms with Gasteiger partial charge in [0.1, 0.15) is 11.3 Å². The third kappa shape index (κ3) is 3.74. The Bertz CT molecular complexity index is 1130. The molecule has 5 nitrogen and oxygen atoms in total. The highest BCUT2D eigenvalue weighted by Crippen LogP contribution is 2.17. The van der Waals surface area contributed by atoms with Crippen molar-refractivity contribution in [1.29, 1.82) is 0 Å². The lowest BCUT2D eigenvalue weighted by Gasteiger charge is -2.10. The van der Waals surface area contributed by atoms with Crippen molar-refractivity contribution in [2.75, 3.05) is 10.6 Å². The van der Waals surface area contributed by atoms with Crippen molar-refractivity contribution in [3.8, 4) is 0 Å². The molecule has 2 aromatic carbocycles. The van der Waals surface area contributed by atoms with Gasteiger partial charge >= 0.3 is 0 Å². The first kappa shape index (κ1) is 17.8. The number of fused-ring (bicyclic) bond motifs is 1. The number of pyridine rings is 1. The monoisotopic (exact) mass is 370 g/mol. The van der Waals surface area contributed by atoms with E-state index in [-0.39, 0.29) is 5.91 Å². The zero-order valence-electron chi connectivity index (χ0n) is 15.9. The van der Waals surface area contributed by atoms with Crippen molar-refractivity contribution in [3.05, 3.63) is 95.4 Å². The molecule has 0 aliphatic rings. The molecule has 140 valence electrons. The second-order valence-corrected chi connectivity index (χ2v) is 6.88. The van der Waals surface area contributed by atoms with Crippen LogP contribution in [0.25, 0.3) is 5.65 Å². The molecule has 0 radical (unpaired) electrons. The fourth-order valence-electron chi connectivity index (χ4n) is 3.09. The summed E-state index contributed by atoms with van der Waals surface area (Å²) in [6.07, 6.45) is 3.50. The number of hydrogen-bond acceptors (Lipinski definition) is 3. The average Bonchev–Trinajstić information content (AvgIpc) is 3.13. The number of rotatable bonds is 5. The summed E-state index contributed by atoms with van der Waals surface area (Å²) in [5, 5.41) is 6.33. The molecule has 2 heterocycles. The summed E-state index contributed by atoms with van der Waals surface area (Å²) in [6, 6.07) is 19.7. The summed E-state index contributed by atoms with van der Waals surface area (Å²) in [5.41, 5.74) is 6.70. The van der Waals surface area contributed by atoms with E-state index in [1.165, 1.54) is 16.7 Å². The SMILES string of the molecule is Cc1ccc(CNc2ccc3ncc(C(=O)Nc4ccccc4)n3c2)cc1C. The number of amides is 1. The number of anilines is 2. The Morgan fingerprint density at radius 3 is 2.57 bits per heavy atom. The molecule has 2 aromatic heterocycles. The van der Waals surface area contributed by atoms with Crippen molar-refractivity contribution in [2.45, 2.75) is 20.4 Å². The number of carbonyl (C=O) groups excluding carboxylic acids is 1. The van der Waals surface area contributed by atoms with Crippen molar-refractivity contribution < 1.29 is 4.79 Å². The van der Waals surface area contributed by atoms with Crippen LogP contribution in [0.1, 0.15) is 27.2 Å². The molecular weight excluding hydrogens is 348 g/mol. The molecular formula is C23H22N4O. The van der Waals surface area contributed by atoms with Gasteiger partial charge in [0, 0.05) is 18.4 Å². The van der Waals surface area contributed by atoms with Crippen molar-refractivity contribution >= 4 is 22.9 Å². The third-order valence-electron chi connectivity index (χ3n) is 4.84. The standard InChI is InChI=1S/C23H22N4O/c1-16-8-9-18(12-17(16)2)13-24-20-10-11-22-25-14-21(27(22)15-20)23(28)26-19-6-4-3-5-7-19/h3-12,14-15,24H,13H2,1-2H3,(H,26,28). The summed E-state index contributed by atoms with van der Waals surface area (Å²) < 4.78 is 1.81. The van der Waals surface area contributed by atoms with E-state index >= 15 is 0 Å². The lowest BCUT2D eigenvalue weighted by molar-refractivity contribution is 0.102. The van der Waals surface area contributed by atoms with E-state index in [0.717, 1.165) is 17.0 Å². The molecule has 0 unspecified atom stereocenters. The van der Waals surface area contributed by atoms with Crippen molar-refractivity contribution in [2.24, 2.45) is 0 Å². The molecule has 28 heavy (non-hydrogen) atoms. The second-order valence-electron chi connectivity index (χ2n) is 6.88. The summed E-state index contributed by atoms with van der Waals surface area (Å²) in [6.45, 7) is 4.95. The van der Waals surface area contributed by atoms with Crippen LogP contribution in [0.5, 0.6) is 0 Å². The quantitative estimate of drug-likeness (QED) is 0.530. The molecule has 0 bridgehead atoms. The second kappa shape index (κ2) is 7.56. The number of aryl methyl sites for hydroxylation is 2. The Morgan fingerprint density at radius 1 is 0.964 bits per heavy atom. The molecule has 1 amide bonds. The predicted octanol–water partition coefficient (Wildman–Crippen LogP) is 4.82. The fraction of sp³-hybridized carbons (Fsp3) is 0.130. The highest BCUT2D eigenvalue weighted by Gasteiger charge is 2.12. The Balaban J connectivity index is 1.54. The summed E-state index contributed by atoms with van der Waals surface area (Å²) in [4.78, 5) is 17.0. The molecule has 0 aliphatic carbocycles. The van der Waals surface area contributed by atoms with Gasteiger partial charge in [-0.25, -0.2) is 4.98 Å². The minimum Gasteiger partial charge on any atom is -0.380 e. The van der Waals surface area contributed by atoms with Gasteiger partial charge in [0.2, 0.25) is 0 Å². The maximum absolute atomic E-state index is 12.7. The van der Waals surface area contributed by atoms with E-state index in [0.29, 0.717) is 12.2 Å². The number of hydrogen-bond donors (Lipinski definition) is 2. The molecule has 0 aliphatic heterocycles. The number of aromatic nitrogens is 2. The van der Waals surface area contributed by atoms with Gasteiger partial charge in [-0.3, -0.25) is 9.20 Å². The van der Waals surface area contributed by atoms with Crippen LogP contribution in [-0.4, -0.2) is 15.3 Å². The highest BCUT2D eigenvalue weighted by molar-refractivity contribution is 6.03. The van der Waals surface area contributed by atoms with Crippen LogP contribution >= 0.6 is 0 Å². The molecule has 2 N–H and O–H groups in total. The summed E-state index contributed by atoms with van der Waals surface area (Å²) in [7, 11) is 0. The highest BCUT2D eigenvalue weighted by atomic mass is 16.1. The number of nitrogens with zero attached hydrogens (tertiary/aromatic N) is 2. The topological polar surface area (TPSA) is 58.4 Å². The lowest BCUT2D eigenvalue weighted by atomic mass is 10.1. The van der Waals surface area contributed by atoms with Crippen molar-refractivity contribution in [3.63, 3.8) is 0 Å². The Labute approximate surface area is 164 Å². The maximum Gasteiger partial charge on any atom is 0.274 e. The smallest absolute Gasteiger partial charge is 0.274 e. The van der Waals surface area contributed by atoms with Crippen LogP contribution in [0.4, 0.5) is 11.4 Å². The van der Waals surface area contributed by atoms with E-state index < -0.39 is 0 Å². The zero-order chi connectivity index (χ0) is 19.5. The number of benzene rings is 2. The van der Waals surface area contributed by atoms with E-state index in [1.807, 2.05) is 48.7 Å². The molecule has 0 spiro atoms. The molecule has 0 atom stereocenters. The number of para-hydroxylation sites is 1. The van der Waals surface area contributed by atoms with E-state index in [9.17, 15) is 4.79 Å². The number of carbonyl (C=O) groups is 1. The Morgan fingerprint density at radius 2 is 1.79 bits per heavy atom. The van der Waals surface area contributed by atoms with Crippen molar-refractivity contribution in [1.82, 2.24) is 9.38 Å². The first-order valence-corrected chi connectivity index (χ1v) is 9.24. The first-order chi connectivity index (χ1) is 13.6. The van der Waals surface area contributed by atoms with Gasteiger partial charge < -0.3 is 10.6 Å². The fourth-order valence-corrected chi connectivity index (χ4v) is 3.09. The molecule has 4 aromatic rings. The van der Waals surface area contributed by atoms with Gasteiger partial charge in [0.15, 0.2) is 0 Å². The van der Waals surface area contributed by atoms with E-state index in [2.05, 4.69) is 47.7 Å². The van der Waals surface area contributed by atoms with Crippen LogP contribution in [0.3, 0.4) is 0 Å². The number of nitrogens with one attached hydrogen (secondary N) is 2. The molecule has 5 heteroatoms. The van der Waals surface area contributed by atoms with Gasteiger partial charge in [-0.05, 0) is 54.8 Å². The average molecular weight is 370 g/mol. The van der Waals surface area contributed by atoms with Crippen LogP contribution in [-0.2, 0) is 6.54 Å². The van der Waals surface area contributed by atoms with E-state index in [1.54, 1.807) is 10.6 Å². The van der Waals surface area contributed by atoms with Gasteiger partial charge in [0.25, 0.3) is 5.91 Å². The zero-order valence-corrected chi connectivity index (χ0v) is 15.9. The largest absolute Gasteiger partial charge is 0.380 e. The predicted molar refractivity (Wildman–Crippen MR) is 113 cm³/mol. The van der Waals surface area contributed by atoms with Crippen LogP contribution < -0.4 is 10.6 Å². The minimum atomic E-state index is -0.190. The molecule has 0 fully saturated rings. The summed E-state index contributed by atoms with van der Waals surface area (Å²) >= 11 is 0. The normalized spacial score (nSPS) is 10.8. The van der Waals surface area contributed by atoms with Gasteiger partial charge in [-0.2, -0.15) is 0 Å². The molecule has 4 rings (SSSR count). The maximum atomic E-state index is 12.7.